The fraction of sp³-hybridized carbons (Fsp3) is 0.250. The lowest BCUT2D eigenvalue weighted by Crippen LogP contribution is -2.12. The zero-order chi connectivity index (χ0) is 29.6. The molecule has 9 heteroatoms. The predicted octanol–water partition coefficient (Wildman–Crippen LogP) is 7.12. The number of para-hydroxylation sites is 3. The van der Waals surface area contributed by atoms with Gasteiger partial charge in [-0.15, -0.1) is 0 Å². The average Bonchev–Trinajstić information content (AvgIpc) is 2.90. The van der Waals surface area contributed by atoms with E-state index < -0.39 is 0 Å². The minimum Gasteiger partial charge on any atom is -0.507 e. The highest BCUT2D eigenvalue weighted by atomic mass is 16.3. The van der Waals surface area contributed by atoms with Gasteiger partial charge >= 0.3 is 0 Å². The van der Waals surface area contributed by atoms with Gasteiger partial charge in [0, 0.05) is 22.9 Å². The smallest absolute Gasteiger partial charge is 0.247 e. The molecule has 0 saturated carbocycles. The molecule has 3 aromatic carbocycles. The summed E-state index contributed by atoms with van der Waals surface area (Å²) >= 11 is 0. The molecule has 0 saturated heterocycles. The standard InChI is InChI=1S/C32H37N7O2/c1-31(2,3)24-16-10-12-21(28(24)40)19-33-38-27-18-26(35-23-14-8-7-9-15-23)36-30(37-27)39-34-20-22-13-11-17-25(29(22)41)32(4,5)6/h7-20,40-41H,1-6H3,(H3,35,36,37,38,39). The number of nitrogens with zero attached hydrogens (tertiary/aromatic N) is 4. The number of aromatic hydroxyl groups is 2. The van der Waals surface area contributed by atoms with Crippen LogP contribution < -0.4 is 16.2 Å². The first-order chi connectivity index (χ1) is 19.4. The number of aromatic nitrogens is 2. The van der Waals surface area contributed by atoms with Crippen molar-refractivity contribution in [3.8, 4) is 11.5 Å². The Bertz CT molecular complexity index is 1460. The molecule has 0 aliphatic heterocycles. The summed E-state index contributed by atoms with van der Waals surface area (Å²) in [5.41, 5.74) is 9.02. The van der Waals surface area contributed by atoms with Crippen LogP contribution in [0.1, 0.15) is 63.8 Å². The quantitative estimate of drug-likeness (QED) is 0.117. The van der Waals surface area contributed by atoms with Gasteiger partial charge in [0.2, 0.25) is 5.95 Å². The van der Waals surface area contributed by atoms with E-state index in [0.717, 1.165) is 16.8 Å². The highest BCUT2D eigenvalue weighted by Crippen LogP contribution is 2.33. The van der Waals surface area contributed by atoms with E-state index in [2.05, 4.69) is 36.3 Å². The molecular weight excluding hydrogens is 514 g/mol. The molecule has 0 unspecified atom stereocenters. The summed E-state index contributed by atoms with van der Waals surface area (Å²) in [5, 5.41) is 33.3. The van der Waals surface area contributed by atoms with Crippen molar-refractivity contribution < 1.29 is 10.2 Å². The average molecular weight is 552 g/mol. The molecule has 4 aromatic rings. The van der Waals surface area contributed by atoms with Crippen LogP contribution in [0.25, 0.3) is 0 Å². The normalized spacial score (nSPS) is 12.1. The lowest BCUT2D eigenvalue weighted by Gasteiger charge is -2.21. The summed E-state index contributed by atoms with van der Waals surface area (Å²) in [6, 6.07) is 22.5. The number of hydrogen-bond donors (Lipinski definition) is 5. The molecule has 4 rings (SSSR count). The molecule has 0 fully saturated rings. The Morgan fingerprint density at radius 2 is 1.15 bits per heavy atom. The summed E-state index contributed by atoms with van der Waals surface area (Å²) in [4.78, 5) is 8.99. The van der Waals surface area contributed by atoms with Gasteiger partial charge in [0.15, 0.2) is 5.82 Å². The molecule has 0 atom stereocenters. The van der Waals surface area contributed by atoms with Gasteiger partial charge in [0.05, 0.1) is 12.4 Å². The molecule has 1 aromatic heterocycles. The monoisotopic (exact) mass is 551 g/mol. The van der Waals surface area contributed by atoms with Crippen molar-refractivity contribution in [2.75, 3.05) is 16.2 Å². The van der Waals surface area contributed by atoms with Crippen molar-refractivity contribution in [3.63, 3.8) is 0 Å². The number of rotatable bonds is 8. The van der Waals surface area contributed by atoms with E-state index in [4.69, 9.17) is 0 Å². The van der Waals surface area contributed by atoms with Crippen LogP contribution in [0.2, 0.25) is 0 Å². The van der Waals surface area contributed by atoms with Crippen LogP contribution >= 0.6 is 0 Å². The second kappa shape index (κ2) is 12.1. The third-order valence-corrected chi connectivity index (χ3v) is 6.27. The minimum absolute atomic E-state index is 0.182. The van der Waals surface area contributed by atoms with Crippen LogP contribution in [-0.2, 0) is 10.8 Å². The Kier molecular flexibility index (Phi) is 8.56. The van der Waals surface area contributed by atoms with Gasteiger partial charge in [-0.2, -0.15) is 20.2 Å². The van der Waals surface area contributed by atoms with Gasteiger partial charge < -0.3 is 15.5 Å². The van der Waals surface area contributed by atoms with E-state index in [0.29, 0.717) is 22.8 Å². The summed E-state index contributed by atoms with van der Waals surface area (Å²) < 4.78 is 0. The number of phenolic OH excluding ortho intramolecular Hbond substituents is 2. The molecule has 9 nitrogen and oxygen atoms in total. The third kappa shape index (κ3) is 7.60. The van der Waals surface area contributed by atoms with E-state index >= 15 is 0 Å². The molecule has 212 valence electrons. The SMILES string of the molecule is CC(C)(C)c1cccc(C=NNc2cc(Nc3ccccc3)nc(NN=Cc3cccc(C(C)(C)C)c3O)n2)c1O. The van der Waals surface area contributed by atoms with Crippen LogP contribution in [0.3, 0.4) is 0 Å². The molecule has 0 aliphatic rings. The Morgan fingerprint density at radius 1 is 0.634 bits per heavy atom. The molecule has 0 radical (unpaired) electrons. The van der Waals surface area contributed by atoms with Crippen LogP contribution in [0, 0.1) is 0 Å². The van der Waals surface area contributed by atoms with Gasteiger partial charge in [-0.05, 0) is 46.2 Å². The lowest BCUT2D eigenvalue weighted by molar-refractivity contribution is 0.445. The molecule has 5 N–H and O–H groups in total. The molecule has 0 bridgehead atoms. The highest BCUT2D eigenvalue weighted by Gasteiger charge is 2.20. The van der Waals surface area contributed by atoms with Crippen LogP contribution in [0.4, 0.5) is 23.3 Å². The van der Waals surface area contributed by atoms with E-state index in [9.17, 15) is 10.2 Å². The van der Waals surface area contributed by atoms with Crippen molar-refractivity contribution in [2.45, 2.75) is 52.4 Å². The van der Waals surface area contributed by atoms with Gasteiger partial charge in [0.25, 0.3) is 0 Å². The van der Waals surface area contributed by atoms with E-state index in [1.54, 1.807) is 24.4 Å². The molecule has 0 spiro atoms. The number of anilines is 4. The van der Waals surface area contributed by atoms with Gasteiger partial charge in [-0.3, -0.25) is 5.43 Å². The van der Waals surface area contributed by atoms with Crippen molar-refractivity contribution in [3.05, 3.63) is 95.1 Å². The number of benzene rings is 3. The molecule has 0 aliphatic carbocycles. The zero-order valence-corrected chi connectivity index (χ0v) is 24.3. The molecule has 0 amide bonds. The lowest BCUT2D eigenvalue weighted by atomic mass is 9.85. The topological polar surface area (TPSA) is 127 Å². The largest absolute Gasteiger partial charge is 0.507 e. The van der Waals surface area contributed by atoms with Gasteiger partial charge in [-0.1, -0.05) is 84.0 Å². The fourth-order valence-corrected chi connectivity index (χ4v) is 4.16. The summed E-state index contributed by atoms with van der Waals surface area (Å²) in [6.07, 6.45) is 3.08. The third-order valence-electron chi connectivity index (χ3n) is 6.27. The van der Waals surface area contributed by atoms with Crippen molar-refractivity contribution in [1.29, 1.82) is 0 Å². The maximum absolute atomic E-state index is 10.7. The zero-order valence-electron chi connectivity index (χ0n) is 24.3. The second-order valence-electron chi connectivity index (χ2n) is 11.7. The molecule has 1 heterocycles. The Labute approximate surface area is 241 Å². The van der Waals surface area contributed by atoms with E-state index in [-0.39, 0.29) is 28.3 Å². The first kappa shape index (κ1) is 29.1. The van der Waals surface area contributed by atoms with E-state index in [1.165, 1.54) is 6.21 Å². The number of hydrazone groups is 2. The van der Waals surface area contributed by atoms with Crippen molar-refractivity contribution in [1.82, 2.24) is 9.97 Å². The Hall–Kier alpha value is -4.92. The van der Waals surface area contributed by atoms with Crippen molar-refractivity contribution in [2.24, 2.45) is 10.2 Å². The van der Waals surface area contributed by atoms with Crippen LogP contribution in [-0.4, -0.2) is 32.6 Å². The second-order valence-corrected chi connectivity index (χ2v) is 11.7. The first-order valence-corrected chi connectivity index (χ1v) is 13.4. The van der Waals surface area contributed by atoms with Gasteiger partial charge in [-0.25, -0.2) is 5.43 Å². The maximum Gasteiger partial charge on any atom is 0.247 e. The fourth-order valence-electron chi connectivity index (χ4n) is 4.16. The summed E-state index contributed by atoms with van der Waals surface area (Å²) in [7, 11) is 0. The van der Waals surface area contributed by atoms with Crippen molar-refractivity contribution >= 4 is 35.7 Å². The molecule has 41 heavy (non-hydrogen) atoms. The number of phenols is 2. The van der Waals surface area contributed by atoms with E-state index in [1.807, 2.05) is 96.1 Å². The number of nitrogens with one attached hydrogen (secondary N) is 3. The minimum atomic E-state index is -0.214. The molecular formula is C32H37N7O2. The predicted molar refractivity (Wildman–Crippen MR) is 168 cm³/mol. The van der Waals surface area contributed by atoms with Crippen LogP contribution in [0.15, 0.2) is 83.0 Å². The Morgan fingerprint density at radius 3 is 1.68 bits per heavy atom. The first-order valence-electron chi connectivity index (χ1n) is 13.4. The summed E-state index contributed by atoms with van der Waals surface area (Å²) in [6.45, 7) is 12.3. The maximum atomic E-state index is 10.7. The Balaban J connectivity index is 1.58. The van der Waals surface area contributed by atoms with Gasteiger partial charge in [0.1, 0.15) is 17.3 Å². The number of hydrogen-bond acceptors (Lipinski definition) is 9. The summed E-state index contributed by atoms with van der Waals surface area (Å²) in [5.74, 6) is 1.49. The van der Waals surface area contributed by atoms with Crippen LogP contribution in [0.5, 0.6) is 11.5 Å². The highest BCUT2D eigenvalue weighted by molar-refractivity contribution is 5.85.